The molecule has 2 aliphatic heterocycles. The van der Waals surface area contributed by atoms with Gasteiger partial charge in [0.1, 0.15) is 41.3 Å². The van der Waals surface area contributed by atoms with E-state index in [1.165, 1.54) is 30.9 Å². The highest BCUT2D eigenvalue weighted by molar-refractivity contribution is 5.95. The standard InChI is InChI=1S/C48H59NO15/c1-25-30(60-41(55)36-34(28-18-14-12-15-19-28)49(45(9,10)63-36)42(56)64-43(4,5)6)23-48(57)39(61-40(54)29-20-16-13-17-21-29)37-46(11,31(52)22-32-47(37,24-58-32)62-27(3)51)38(53)35(59-26(2)50)33(25)44(48,7)8/h12-21,30-32,34-37,39,52,57H,22-24H2,1-11H3/t30-,31-,32+,34-,35+,36+,37?,39-,46+,47-,48+/m0/s1. The Morgan fingerprint density at radius 1 is 0.859 bits per heavy atom. The van der Waals surface area contributed by atoms with Crippen LogP contribution < -0.4 is 0 Å². The molecule has 2 aromatic carbocycles. The molecule has 0 spiro atoms. The van der Waals surface area contributed by atoms with Crippen LogP contribution in [0.5, 0.6) is 0 Å². The summed E-state index contributed by atoms with van der Waals surface area (Å²) in [5.41, 5.74) is -9.21. The number of nitrogens with zero attached hydrogens (tertiary/aromatic N) is 1. The SMILES string of the molecule is CC(=O)O[C@H]1C(=O)[C@@]2(C)C([C@H](OC(=O)c3ccccc3)[C@]3(O)C[C@H](OC(=O)[C@@H]4OC(C)(C)N(C(=O)OC(C)(C)C)[C@H]4c4ccccc4)C(C)=C1C3(C)C)[C@]1(OC(C)=O)CO[C@@H]1C[C@@H]2O. The summed E-state index contributed by atoms with van der Waals surface area (Å²) in [6, 6.07) is 15.6. The van der Waals surface area contributed by atoms with Crippen molar-refractivity contribution in [2.45, 2.75) is 154 Å². The molecule has 1 amide bonds. The van der Waals surface area contributed by atoms with E-state index in [0.717, 1.165) is 6.92 Å². The van der Waals surface area contributed by atoms with E-state index in [1.54, 1.807) is 104 Å². The molecule has 1 unspecified atom stereocenters. The van der Waals surface area contributed by atoms with E-state index in [2.05, 4.69) is 0 Å². The number of aliphatic hydroxyl groups is 2. The van der Waals surface area contributed by atoms with Crippen molar-refractivity contribution in [2.75, 3.05) is 6.61 Å². The number of aliphatic hydroxyl groups excluding tert-OH is 1. The maximum Gasteiger partial charge on any atom is 0.413 e. The van der Waals surface area contributed by atoms with Crippen LogP contribution in [-0.4, -0.2) is 117 Å². The summed E-state index contributed by atoms with van der Waals surface area (Å²) >= 11 is 0. The first-order valence-corrected chi connectivity index (χ1v) is 21.6. The molecule has 2 aromatic rings. The number of ether oxygens (including phenoxy) is 7. The molecular weight excluding hydrogens is 831 g/mol. The molecule has 2 heterocycles. The average molecular weight is 890 g/mol. The zero-order valence-electron chi connectivity index (χ0n) is 38.2. The van der Waals surface area contributed by atoms with Gasteiger partial charge in [0.25, 0.3) is 0 Å². The maximum atomic E-state index is 15.6. The first-order valence-electron chi connectivity index (χ1n) is 21.6. The lowest BCUT2D eigenvalue weighted by atomic mass is 9.44. The number of rotatable bonds is 7. The largest absolute Gasteiger partial charge is 0.456 e. The van der Waals surface area contributed by atoms with Gasteiger partial charge in [-0.25, -0.2) is 14.4 Å². The van der Waals surface area contributed by atoms with Crippen molar-refractivity contribution in [1.29, 1.82) is 0 Å². The van der Waals surface area contributed by atoms with E-state index >= 15 is 4.79 Å². The molecule has 0 radical (unpaired) electrons. The fourth-order valence-electron chi connectivity index (χ4n) is 10.9. The first-order chi connectivity index (χ1) is 29.7. The molecule has 11 atom stereocenters. The number of benzene rings is 2. The van der Waals surface area contributed by atoms with Gasteiger partial charge in [-0.2, -0.15) is 0 Å². The fraction of sp³-hybridized carbons (Fsp3) is 0.583. The number of amides is 1. The van der Waals surface area contributed by atoms with Gasteiger partial charge in [0.2, 0.25) is 0 Å². The van der Waals surface area contributed by atoms with Gasteiger partial charge in [0.15, 0.2) is 23.6 Å². The van der Waals surface area contributed by atoms with Crippen molar-refractivity contribution < 1.29 is 72.1 Å². The Hall–Kier alpha value is -5.16. The molecule has 7 rings (SSSR count). The molecule has 64 heavy (non-hydrogen) atoms. The third kappa shape index (κ3) is 7.49. The predicted octanol–water partition coefficient (Wildman–Crippen LogP) is 5.32. The average Bonchev–Trinajstić information content (AvgIpc) is 3.49. The minimum Gasteiger partial charge on any atom is -0.456 e. The lowest BCUT2D eigenvalue weighted by Crippen LogP contribution is -2.82. The maximum absolute atomic E-state index is 15.6. The zero-order chi connectivity index (χ0) is 47.1. The highest BCUT2D eigenvalue weighted by Crippen LogP contribution is 2.64. The number of Topliss-reactive ketones (excluding diaryl/α,β-unsaturated/α-hetero) is 1. The summed E-state index contributed by atoms with van der Waals surface area (Å²) < 4.78 is 43.0. The Kier molecular flexibility index (Phi) is 11.8. The summed E-state index contributed by atoms with van der Waals surface area (Å²) in [6.07, 6.45) is -10.5. The molecule has 16 heteroatoms. The molecule has 346 valence electrons. The summed E-state index contributed by atoms with van der Waals surface area (Å²) in [4.78, 5) is 86.3. The Morgan fingerprint density at radius 3 is 2.02 bits per heavy atom. The monoisotopic (exact) mass is 889 g/mol. The molecule has 2 bridgehead atoms. The molecule has 2 saturated heterocycles. The van der Waals surface area contributed by atoms with Gasteiger partial charge in [-0.3, -0.25) is 19.3 Å². The molecule has 16 nitrogen and oxygen atoms in total. The summed E-state index contributed by atoms with van der Waals surface area (Å²) in [5.74, 6) is -5.86. The van der Waals surface area contributed by atoms with Crippen molar-refractivity contribution in [3.63, 3.8) is 0 Å². The number of carbonyl (C=O) groups is 6. The van der Waals surface area contributed by atoms with Crippen molar-refractivity contribution >= 4 is 35.8 Å². The Morgan fingerprint density at radius 2 is 1.47 bits per heavy atom. The molecule has 3 aliphatic carbocycles. The van der Waals surface area contributed by atoms with Crippen molar-refractivity contribution in [3.05, 3.63) is 82.9 Å². The smallest absolute Gasteiger partial charge is 0.413 e. The zero-order valence-corrected chi connectivity index (χ0v) is 38.2. The molecule has 2 saturated carbocycles. The first kappa shape index (κ1) is 46.8. The molecule has 0 aromatic heterocycles. The summed E-state index contributed by atoms with van der Waals surface area (Å²) in [7, 11) is 0. The van der Waals surface area contributed by atoms with Gasteiger partial charge in [0.05, 0.1) is 29.6 Å². The normalized spacial score (nSPS) is 35.0. The predicted molar refractivity (Wildman–Crippen MR) is 225 cm³/mol. The van der Waals surface area contributed by atoms with Gasteiger partial charge in [-0.1, -0.05) is 62.4 Å². The lowest BCUT2D eigenvalue weighted by Gasteiger charge is -2.67. The summed E-state index contributed by atoms with van der Waals surface area (Å²) in [5, 5.41) is 26.0. The lowest BCUT2D eigenvalue weighted by molar-refractivity contribution is -0.346. The molecular formula is C48H59NO15. The number of fused-ring (bicyclic) bond motifs is 5. The quantitative estimate of drug-likeness (QED) is 0.205. The number of ketones is 1. The van der Waals surface area contributed by atoms with Gasteiger partial charge < -0.3 is 43.4 Å². The van der Waals surface area contributed by atoms with Gasteiger partial charge >= 0.3 is 30.0 Å². The minimum absolute atomic E-state index is 0.0445. The molecule has 2 N–H and O–H groups in total. The van der Waals surface area contributed by atoms with Crippen LogP contribution in [-0.2, 0) is 52.3 Å². The van der Waals surface area contributed by atoms with Crippen LogP contribution in [0.2, 0.25) is 0 Å². The fourth-order valence-corrected chi connectivity index (χ4v) is 10.9. The van der Waals surface area contributed by atoms with Crippen LogP contribution >= 0.6 is 0 Å². The highest BCUT2D eigenvalue weighted by Gasteiger charge is 2.78. The van der Waals surface area contributed by atoms with Gasteiger partial charge in [-0.15, -0.1) is 0 Å². The number of hydrogen-bond donors (Lipinski definition) is 2. The van der Waals surface area contributed by atoms with Crippen LogP contribution in [0.25, 0.3) is 0 Å². The third-order valence-corrected chi connectivity index (χ3v) is 14.0. The second kappa shape index (κ2) is 16.1. The van der Waals surface area contributed by atoms with Crippen LogP contribution in [0.4, 0.5) is 4.79 Å². The van der Waals surface area contributed by atoms with Crippen LogP contribution in [0, 0.1) is 16.7 Å². The van der Waals surface area contributed by atoms with E-state index in [9.17, 15) is 34.2 Å². The second-order valence-corrected chi connectivity index (χ2v) is 19.9. The topological polar surface area (TPSA) is 211 Å². The van der Waals surface area contributed by atoms with E-state index in [4.69, 9.17) is 33.2 Å². The van der Waals surface area contributed by atoms with Crippen molar-refractivity contribution in [1.82, 2.24) is 4.90 Å². The van der Waals surface area contributed by atoms with Crippen LogP contribution in [0.15, 0.2) is 71.8 Å². The Bertz CT molecular complexity index is 2250. The van der Waals surface area contributed by atoms with E-state index in [1.807, 2.05) is 0 Å². The number of esters is 4. The van der Waals surface area contributed by atoms with E-state index < -0.39 is 124 Å². The van der Waals surface area contributed by atoms with Gasteiger partial charge in [-0.05, 0) is 77.3 Å². The molecule has 5 aliphatic rings. The Balaban J connectivity index is 1.42. The summed E-state index contributed by atoms with van der Waals surface area (Å²) in [6.45, 7) is 16.6. The van der Waals surface area contributed by atoms with E-state index in [-0.39, 0.29) is 29.7 Å². The number of hydrogen-bond acceptors (Lipinski definition) is 15. The van der Waals surface area contributed by atoms with E-state index in [0.29, 0.717) is 5.56 Å². The second-order valence-electron chi connectivity index (χ2n) is 19.9. The number of carbonyl (C=O) groups excluding carboxylic acids is 6. The third-order valence-electron chi connectivity index (χ3n) is 14.0. The molecule has 4 fully saturated rings. The highest BCUT2D eigenvalue weighted by atomic mass is 16.6. The van der Waals surface area contributed by atoms with Crippen molar-refractivity contribution in [3.8, 4) is 0 Å². The van der Waals surface area contributed by atoms with Gasteiger partial charge in [0, 0.05) is 32.1 Å². The Labute approximate surface area is 372 Å². The van der Waals surface area contributed by atoms with Crippen molar-refractivity contribution in [2.24, 2.45) is 16.7 Å². The van der Waals surface area contributed by atoms with Crippen LogP contribution in [0.1, 0.15) is 111 Å². The van der Waals surface area contributed by atoms with Crippen LogP contribution in [0.3, 0.4) is 0 Å². The minimum atomic E-state index is -2.36.